The number of nitro groups is 1. The van der Waals surface area contributed by atoms with Crippen LogP contribution in [0.4, 0.5) is 11.5 Å². The van der Waals surface area contributed by atoms with Gasteiger partial charge in [0.05, 0.1) is 17.7 Å². The zero-order chi connectivity index (χ0) is 12.3. The van der Waals surface area contributed by atoms with Crippen molar-refractivity contribution in [3.8, 4) is 0 Å². The van der Waals surface area contributed by atoms with Gasteiger partial charge in [0.1, 0.15) is 5.76 Å². The first kappa shape index (κ1) is 11.1. The van der Waals surface area contributed by atoms with E-state index < -0.39 is 4.92 Å². The van der Waals surface area contributed by atoms with E-state index in [1.165, 1.54) is 18.3 Å². The van der Waals surface area contributed by atoms with Gasteiger partial charge in [-0.25, -0.2) is 4.98 Å². The van der Waals surface area contributed by atoms with Crippen LogP contribution in [0.1, 0.15) is 11.3 Å². The van der Waals surface area contributed by atoms with Gasteiger partial charge in [0, 0.05) is 12.3 Å². The van der Waals surface area contributed by atoms with Crippen LogP contribution in [-0.2, 0) is 6.54 Å². The highest BCUT2D eigenvalue weighted by Gasteiger charge is 2.13. The van der Waals surface area contributed by atoms with E-state index in [9.17, 15) is 10.1 Å². The quantitative estimate of drug-likeness (QED) is 0.648. The Morgan fingerprint density at radius 3 is 3.06 bits per heavy atom. The van der Waals surface area contributed by atoms with Crippen LogP contribution in [0.5, 0.6) is 0 Å². The van der Waals surface area contributed by atoms with Crippen molar-refractivity contribution < 1.29 is 9.34 Å². The van der Waals surface area contributed by atoms with Crippen molar-refractivity contribution in [3.63, 3.8) is 0 Å². The second kappa shape index (κ2) is 4.65. The zero-order valence-electron chi connectivity index (χ0n) is 9.21. The monoisotopic (exact) mass is 233 g/mol. The number of anilines is 1. The lowest BCUT2D eigenvalue weighted by Gasteiger charge is -2.03. The average molecular weight is 233 g/mol. The van der Waals surface area contributed by atoms with Crippen LogP contribution >= 0.6 is 0 Å². The summed E-state index contributed by atoms with van der Waals surface area (Å²) in [6.45, 7) is 2.28. The molecular formula is C11H11N3O3. The lowest BCUT2D eigenvalue weighted by molar-refractivity contribution is -0.384. The zero-order valence-corrected chi connectivity index (χ0v) is 9.21. The van der Waals surface area contributed by atoms with Gasteiger partial charge in [0.2, 0.25) is 5.82 Å². The Hall–Kier alpha value is -2.37. The summed E-state index contributed by atoms with van der Waals surface area (Å²) in [6.07, 6.45) is 3.13. The van der Waals surface area contributed by atoms with Crippen LogP contribution in [-0.4, -0.2) is 9.91 Å². The van der Waals surface area contributed by atoms with Crippen molar-refractivity contribution in [1.29, 1.82) is 0 Å². The Morgan fingerprint density at radius 1 is 1.59 bits per heavy atom. The van der Waals surface area contributed by atoms with Gasteiger partial charge in [0.25, 0.3) is 0 Å². The van der Waals surface area contributed by atoms with Crippen molar-refractivity contribution in [1.82, 2.24) is 4.98 Å². The van der Waals surface area contributed by atoms with Crippen LogP contribution in [0.2, 0.25) is 0 Å². The molecule has 0 amide bonds. The van der Waals surface area contributed by atoms with Gasteiger partial charge in [-0.3, -0.25) is 10.1 Å². The molecule has 88 valence electrons. The first-order valence-corrected chi connectivity index (χ1v) is 5.04. The highest BCUT2D eigenvalue weighted by molar-refractivity contribution is 5.55. The van der Waals surface area contributed by atoms with Crippen molar-refractivity contribution in [2.45, 2.75) is 13.5 Å². The number of hydrogen-bond acceptors (Lipinski definition) is 5. The molecule has 0 radical (unpaired) electrons. The molecule has 0 fully saturated rings. The molecule has 0 saturated carbocycles. The number of aryl methyl sites for hydroxylation is 1. The Balaban J connectivity index is 2.11. The molecule has 2 aromatic heterocycles. The van der Waals surface area contributed by atoms with Gasteiger partial charge < -0.3 is 9.73 Å². The number of rotatable bonds is 4. The molecule has 6 heteroatoms. The summed E-state index contributed by atoms with van der Waals surface area (Å²) < 4.78 is 5.23. The Kier molecular flexibility index (Phi) is 3.04. The maximum absolute atomic E-state index is 10.7. The third-order valence-corrected chi connectivity index (χ3v) is 2.20. The largest absolute Gasteiger partial charge is 0.467 e. The number of furan rings is 1. The van der Waals surface area contributed by atoms with Crippen LogP contribution < -0.4 is 5.32 Å². The van der Waals surface area contributed by atoms with Crippen LogP contribution in [0.15, 0.2) is 35.1 Å². The summed E-state index contributed by atoms with van der Waals surface area (Å²) in [7, 11) is 0. The normalized spacial score (nSPS) is 10.2. The molecule has 2 aromatic rings. The Labute approximate surface area is 97.4 Å². The molecule has 0 spiro atoms. The van der Waals surface area contributed by atoms with E-state index in [-0.39, 0.29) is 11.5 Å². The van der Waals surface area contributed by atoms with Gasteiger partial charge in [-0.1, -0.05) is 0 Å². The molecule has 0 bridgehead atoms. The predicted molar refractivity (Wildman–Crippen MR) is 61.7 cm³/mol. The molecule has 2 heterocycles. The van der Waals surface area contributed by atoms with E-state index >= 15 is 0 Å². The Morgan fingerprint density at radius 2 is 2.41 bits per heavy atom. The summed E-state index contributed by atoms with van der Waals surface area (Å²) in [4.78, 5) is 14.2. The standard InChI is InChI=1S/C11H11N3O3/c1-8-5-9(17-7-8)6-13-11-10(14(15)16)3-2-4-12-11/h2-5,7H,6H2,1H3,(H,12,13). The summed E-state index contributed by atoms with van der Waals surface area (Å²) in [5, 5.41) is 13.6. The molecule has 0 atom stereocenters. The van der Waals surface area contributed by atoms with Crippen molar-refractivity contribution in [3.05, 3.63) is 52.1 Å². The molecule has 1 N–H and O–H groups in total. The highest BCUT2D eigenvalue weighted by Crippen LogP contribution is 2.21. The van der Waals surface area contributed by atoms with Crippen LogP contribution in [0, 0.1) is 17.0 Å². The minimum Gasteiger partial charge on any atom is -0.467 e. The van der Waals surface area contributed by atoms with E-state index in [1.54, 1.807) is 6.26 Å². The molecule has 0 saturated heterocycles. The SMILES string of the molecule is Cc1coc(CNc2ncccc2[N+](=O)[O-])c1. The van der Waals surface area contributed by atoms with Gasteiger partial charge in [-0.15, -0.1) is 0 Å². The number of nitrogens with zero attached hydrogens (tertiary/aromatic N) is 2. The molecule has 2 rings (SSSR count). The number of pyridine rings is 1. The summed E-state index contributed by atoms with van der Waals surface area (Å²) in [5.74, 6) is 0.953. The van der Waals surface area contributed by atoms with E-state index in [0.29, 0.717) is 12.3 Å². The van der Waals surface area contributed by atoms with E-state index in [0.717, 1.165) is 5.56 Å². The van der Waals surface area contributed by atoms with Gasteiger partial charge in [-0.2, -0.15) is 0 Å². The highest BCUT2D eigenvalue weighted by atomic mass is 16.6. The van der Waals surface area contributed by atoms with Crippen molar-refractivity contribution in [2.24, 2.45) is 0 Å². The fraction of sp³-hybridized carbons (Fsp3) is 0.182. The summed E-state index contributed by atoms with van der Waals surface area (Å²) in [6, 6.07) is 4.80. The molecule has 0 unspecified atom stereocenters. The molecule has 0 aromatic carbocycles. The molecule has 0 aliphatic rings. The van der Waals surface area contributed by atoms with Crippen molar-refractivity contribution in [2.75, 3.05) is 5.32 Å². The number of nitrogens with one attached hydrogen (secondary N) is 1. The number of hydrogen-bond donors (Lipinski definition) is 1. The van der Waals surface area contributed by atoms with E-state index in [1.807, 2.05) is 13.0 Å². The van der Waals surface area contributed by atoms with Gasteiger partial charge >= 0.3 is 5.69 Å². The first-order chi connectivity index (χ1) is 8.16. The van der Waals surface area contributed by atoms with Crippen LogP contribution in [0.3, 0.4) is 0 Å². The second-order valence-electron chi connectivity index (χ2n) is 3.57. The average Bonchev–Trinajstić information content (AvgIpc) is 2.73. The topological polar surface area (TPSA) is 81.2 Å². The lowest BCUT2D eigenvalue weighted by atomic mass is 10.3. The third-order valence-electron chi connectivity index (χ3n) is 2.20. The lowest BCUT2D eigenvalue weighted by Crippen LogP contribution is -2.03. The summed E-state index contributed by atoms with van der Waals surface area (Å²) >= 11 is 0. The predicted octanol–water partition coefficient (Wildman–Crippen LogP) is 2.50. The van der Waals surface area contributed by atoms with Gasteiger partial charge in [-0.05, 0) is 24.6 Å². The molecule has 0 aliphatic heterocycles. The fourth-order valence-corrected chi connectivity index (χ4v) is 1.43. The maximum Gasteiger partial charge on any atom is 0.311 e. The molecule has 6 nitrogen and oxygen atoms in total. The first-order valence-electron chi connectivity index (χ1n) is 5.04. The van der Waals surface area contributed by atoms with E-state index in [4.69, 9.17) is 4.42 Å². The third kappa shape index (κ3) is 2.60. The van der Waals surface area contributed by atoms with E-state index in [2.05, 4.69) is 10.3 Å². The number of aromatic nitrogens is 1. The fourth-order valence-electron chi connectivity index (χ4n) is 1.43. The van der Waals surface area contributed by atoms with Crippen molar-refractivity contribution >= 4 is 11.5 Å². The minimum atomic E-state index is -0.470. The minimum absolute atomic E-state index is 0.0456. The smallest absolute Gasteiger partial charge is 0.311 e. The molecule has 17 heavy (non-hydrogen) atoms. The molecule has 0 aliphatic carbocycles. The Bertz CT molecular complexity index is 536. The van der Waals surface area contributed by atoms with Crippen LogP contribution in [0.25, 0.3) is 0 Å². The maximum atomic E-state index is 10.7. The summed E-state index contributed by atoms with van der Waals surface area (Å²) in [5.41, 5.74) is 0.966. The second-order valence-corrected chi connectivity index (χ2v) is 3.57. The molecular weight excluding hydrogens is 222 g/mol. The van der Waals surface area contributed by atoms with Gasteiger partial charge in [0.15, 0.2) is 0 Å².